The molecule has 0 atom stereocenters. The van der Waals surface area contributed by atoms with Crippen LogP contribution in [0.3, 0.4) is 0 Å². The summed E-state index contributed by atoms with van der Waals surface area (Å²) < 4.78 is 30.8. The quantitative estimate of drug-likeness (QED) is 0.598. The van der Waals surface area contributed by atoms with Gasteiger partial charge in [0.15, 0.2) is 11.5 Å². The summed E-state index contributed by atoms with van der Waals surface area (Å²) in [6.45, 7) is 1.87. The number of anilines is 1. The highest BCUT2D eigenvalue weighted by Crippen LogP contribution is 2.61. The summed E-state index contributed by atoms with van der Waals surface area (Å²) in [6, 6.07) is 7.26. The average molecular weight is 451 g/mol. The van der Waals surface area contributed by atoms with Crippen LogP contribution in [0.15, 0.2) is 35.6 Å². The molecule has 0 aliphatic heterocycles. The van der Waals surface area contributed by atoms with Gasteiger partial charge in [0.2, 0.25) is 15.8 Å². The van der Waals surface area contributed by atoms with E-state index in [0.29, 0.717) is 42.0 Å². The number of hydrogen-bond acceptors (Lipinski definition) is 8. The molecule has 3 aliphatic rings. The number of rotatable bonds is 5. The van der Waals surface area contributed by atoms with E-state index in [1.807, 2.05) is 6.92 Å². The predicted molar refractivity (Wildman–Crippen MR) is 116 cm³/mol. The zero-order chi connectivity index (χ0) is 22.7. The Morgan fingerprint density at radius 1 is 1.25 bits per heavy atom. The third-order valence-corrected chi connectivity index (χ3v) is 8.01. The molecule has 32 heavy (non-hydrogen) atoms. The van der Waals surface area contributed by atoms with Crippen LogP contribution in [0, 0.1) is 23.7 Å². The molecule has 0 unspecified atom stereocenters. The molecule has 3 aliphatic carbocycles. The van der Waals surface area contributed by atoms with E-state index in [1.165, 1.54) is 17.2 Å². The summed E-state index contributed by atoms with van der Waals surface area (Å²) in [5.41, 5.74) is 7.38. The van der Waals surface area contributed by atoms with Crippen LogP contribution >= 0.6 is 0 Å². The van der Waals surface area contributed by atoms with E-state index in [-0.39, 0.29) is 16.1 Å². The van der Waals surface area contributed by atoms with E-state index in [0.717, 1.165) is 12.0 Å². The van der Waals surface area contributed by atoms with Gasteiger partial charge in [0, 0.05) is 18.2 Å². The molecule has 0 spiro atoms. The van der Waals surface area contributed by atoms with Crippen LogP contribution in [0.2, 0.25) is 0 Å². The number of aromatic nitrogens is 5. The first-order chi connectivity index (χ1) is 15.1. The number of nitriles is 1. The lowest BCUT2D eigenvalue weighted by Crippen LogP contribution is -2.55. The van der Waals surface area contributed by atoms with Crippen molar-refractivity contribution in [1.29, 1.82) is 5.26 Å². The fourth-order valence-corrected chi connectivity index (χ4v) is 6.32. The Morgan fingerprint density at radius 2 is 2.03 bits per heavy atom. The van der Waals surface area contributed by atoms with Crippen molar-refractivity contribution >= 4 is 15.8 Å². The zero-order valence-electron chi connectivity index (χ0n) is 17.7. The number of nitrogen functional groups attached to an aromatic ring is 1. The molecule has 0 amide bonds. The number of nitrogens with one attached hydrogen (secondary N) is 1. The fourth-order valence-electron chi connectivity index (χ4n) is 4.86. The molecule has 0 saturated heterocycles. The topological polar surface area (TPSA) is 152 Å². The summed E-state index contributed by atoms with van der Waals surface area (Å²) >= 11 is 0. The van der Waals surface area contributed by atoms with E-state index in [1.54, 1.807) is 25.2 Å². The van der Waals surface area contributed by atoms with Gasteiger partial charge in [-0.15, -0.1) is 5.10 Å². The molecular weight excluding hydrogens is 428 g/mol. The summed E-state index contributed by atoms with van der Waals surface area (Å²) in [4.78, 5) is 13.1. The van der Waals surface area contributed by atoms with Gasteiger partial charge in [0.05, 0.1) is 28.3 Å². The molecule has 0 radical (unpaired) electrons. The number of hydrogen-bond donors (Lipinski definition) is 2. The summed E-state index contributed by atoms with van der Waals surface area (Å²) in [6.07, 6.45) is 5.60. The lowest BCUT2D eigenvalue weighted by molar-refractivity contribution is 0.161. The lowest BCUT2D eigenvalue weighted by Gasteiger charge is -2.43. The Bertz CT molecular complexity index is 1380. The van der Waals surface area contributed by atoms with Crippen LogP contribution in [-0.2, 0) is 17.1 Å². The Balaban J connectivity index is 1.49. The monoisotopic (exact) mass is 450 g/mol. The van der Waals surface area contributed by atoms with Crippen LogP contribution in [0.4, 0.5) is 5.82 Å². The van der Waals surface area contributed by atoms with Crippen LogP contribution in [0.1, 0.15) is 31.2 Å². The Labute approximate surface area is 185 Å². The third-order valence-electron chi connectivity index (χ3n) is 6.43. The van der Waals surface area contributed by atoms with Crippen LogP contribution < -0.4 is 10.5 Å². The maximum Gasteiger partial charge on any atom is 0.241 e. The maximum atomic E-state index is 13.2. The normalized spacial score (nSPS) is 24.2. The van der Waals surface area contributed by atoms with Crippen molar-refractivity contribution in [3.63, 3.8) is 0 Å². The Morgan fingerprint density at radius 3 is 2.69 bits per heavy atom. The fraction of sp³-hybridized carbons (Fsp3) is 0.381. The second-order valence-electron chi connectivity index (χ2n) is 8.84. The van der Waals surface area contributed by atoms with Gasteiger partial charge in [0.1, 0.15) is 6.33 Å². The van der Waals surface area contributed by atoms with Gasteiger partial charge in [0.25, 0.3) is 0 Å². The molecule has 3 aromatic rings. The summed E-state index contributed by atoms with van der Waals surface area (Å²) in [5.74, 6) is 0.531. The molecule has 3 fully saturated rings. The molecule has 3 saturated carbocycles. The first-order valence-electron chi connectivity index (χ1n) is 10.2. The Kier molecular flexibility index (Phi) is 4.38. The second kappa shape index (κ2) is 6.82. The predicted octanol–water partition coefficient (Wildman–Crippen LogP) is 1.94. The number of sulfonamides is 1. The van der Waals surface area contributed by atoms with E-state index >= 15 is 0 Å². The van der Waals surface area contributed by atoms with Crippen molar-refractivity contribution in [3.05, 3.63) is 36.3 Å². The maximum absolute atomic E-state index is 13.2. The van der Waals surface area contributed by atoms with Gasteiger partial charge < -0.3 is 5.73 Å². The average Bonchev–Trinajstić information content (AvgIpc) is 3.41. The molecule has 11 heteroatoms. The van der Waals surface area contributed by atoms with E-state index < -0.39 is 15.6 Å². The highest BCUT2D eigenvalue weighted by molar-refractivity contribution is 7.89. The molecule has 1 aromatic carbocycles. The lowest BCUT2D eigenvalue weighted by atomic mass is 9.66. The minimum Gasteiger partial charge on any atom is -0.382 e. The van der Waals surface area contributed by atoms with Crippen molar-refractivity contribution in [2.45, 2.75) is 43.0 Å². The van der Waals surface area contributed by atoms with Crippen molar-refractivity contribution in [2.24, 2.45) is 12.5 Å². The minimum atomic E-state index is -3.77. The standard InChI is InChI=1S/C21H22N8O2S/c1-13-3-4-14(32(30,31)28-21-6-5-20(9-21,10-21)11-22)7-15(13)16-8-24-18(23)17(26-16)19-25-12-29(2)27-19/h3-4,7-8,12,28H,5-6,9-10H2,1-2H3,(H2,23,24). The van der Waals surface area contributed by atoms with Crippen LogP contribution in [0.25, 0.3) is 22.8 Å². The van der Waals surface area contributed by atoms with Gasteiger partial charge in [-0.3, -0.25) is 4.68 Å². The van der Waals surface area contributed by atoms with E-state index in [9.17, 15) is 13.7 Å². The van der Waals surface area contributed by atoms with Gasteiger partial charge in [-0.25, -0.2) is 28.1 Å². The van der Waals surface area contributed by atoms with Crippen molar-refractivity contribution in [2.75, 3.05) is 5.73 Å². The number of fused-ring (bicyclic) bond motifs is 1. The van der Waals surface area contributed by atoms with Gasteiger partial charge in [-0.05, 0) is 50.3 Å². The molecule has 10 nitrogen and oxygen atoms in total. The van der Waals surface area contributed by atoms with Crippen LogP contribution in [-0.4, -0.2) is 38.7 Å². The molecule has 3 N–H and O–H groups in total. The van der Waals surface area contributed by atoms with Crippen molar-refractivity contribution in [1.82, 2.24) is 29.5 Å². The minimum absolute atomic E-state index is 0.143. The number of benzene rings is 1. The van der Waals surface area contributed by atoms with E-state index in [4.69, 9.17) is 5.73 Å². The highest BCUT2D eigenvalue weighted by atomic mass is 32.2. The van der Waals surface area contributed by atoms with Crippen molar-refractivity contribution < 1.29 is 8.42 Å². The van der Waals surface area contributed by atoms with Gasteiger partial charge in [-0.2, -0.15) is 5.26 Å². The van der Waals surface area contributed by atoms with E-state index in [2.05, 4.69) is 30.8 Å². The molecule has 2 bridgehead atoms. The number of nitrogens with two attached hydrogens (primary N) is 1. The number of nitrogens with zero attached hydrogens (tertiary/aromatic N) is 6. The van der Waals surface area contributed by atoms with Crippen molar-refractivity contribution in [3.8, 4) is 28.8 Å². The first kappa shape index (κ1) is 20.5. The number of aryl methyl sites for hydroxylation is 2. The smallest absolute Gasteiger partial charge is 0.241 e. The Hall–Kier alpha value is -3.36. The largest absolute Gasteiger partial charge is 0.382 e. The molecular formula is C21H22N8O2S. The molecule has 6 rings (SSSR count). The molecule has 164 valence electrons. The zero-order valence-corrected chi connectivity index (χ0v) is 18.5. The van der Waals surface area contributed by atoms with Gasteiger partial charge >= 0.3 is 0 Å². The third kappa shape index (κ3) is 3.23. The second-order valence-corrected chi connectivity index (χ2v) is 10.5. The van der Waals surface area contributed by atoms with Gasteiger partial charge in [-0.1, -0.05) is 6.07 Å². The molecule has 2 aromatic heterocycles. The highest BCUT2D eigenvalue weighted by Gasteiger charge is 2.62. The first-order valence-corrected chi connectivity index (χ1v) is 11.7. The summed E-state index contributed by atoms with van der Waals surface area (Å²) in [5, 5.41) is 13.6. The SMILES string of the molecule is Cc1ccc(S(=O)(=O)NC23CCC(C#N)(C2)C3)cc1-c1cnc(N)c(-c2ncn(C)n2)n1. The molecule has 2 heterocycles. The summed E-state index contributed by atoms with van der Waals surface area (Å²) in [7, 11) is -2.04. The van der Waals surface area contributed by atoms with Crippen LogP contribution in [0.5, 0.6) is 0 Å².